The fraction of sp³-hybridized carbons (Fsp3) is 0.273. The number of nitrogen functional groups attached to an aromatic ring is 1. The maximum atomic E-state index is 6.04. The Morgan fingerprint density at radius 1 is 1.53 bits per heavy atom. The molecule has 0 bridgehead atoms. The summed E-state index contributed by atoms with van der Waals surface area (Å²) in [5, 5.41) is 6.77. The van der Waals surface area contributed by atoms with Gasteiger partial charge in [-0.2, -0.15) is 0 Å². The Bertz CT molecular complexity index is 526. The lowest BCUT2D eigenvalue weighted by Gasteiger charge is -2.13. The van der Waals surface area contributed by atoms with Crippen molar-refractivity contribution in [1.82, 2.24) is 9.97 Å². The molecule has 90 valence electrons. The van der Waals surface area contributed by atoms with Gasteiger partial charge in [-0.25, -0.2) is 9.97 Å². The highest BCUT2D eigenvalue weighted by atomic mass is 35.5. The molecule has 0 aromatic carbocycles. The molecule has 2 aromatic heterocycles. The molecule has 0 saturated heterocycles. The summed E-state index contributed by atoms with van der Waals surface area (Å²) in [4.78, 5) is 8.57. The van der Waals surface area contributed by atoms with E-state index in [1.165, 1.54) is 0 Å². The Kier molecular flexibility index (Phi) is 3.49. The number of pyridine rings is 1. The van der Waals surface area contributed by atoms with Gasteiger partial charge in [-0.15, -0.1) is 11.3 Å². The summed E-state index contributed by atoms with van der Waals surface area (Å²) in [5.41, 5.74) is 7.16. The van der Waals surface area contributed by atoms with Crippen LogP contribution in [0.3, 0.4) is 0 Å². The number of hydrogen-bond donors (Lipinski definition) is 2. The minimum Gasteiger partial charge on any atom is -0.397 e. The van der Waals surface area contributed by atoms with E-state index < -0.39 is 0 Å². The van der Waals surface area contributed by atoms with Crippen LogP contribution in [0.5, 0.6) is 0 Å². The van der Waals surface area contributed by atoms with Gasteiger partial charge in [0.25, 0.3) is 0 Å². The molecule has 4 nitrogen and oxygen atoms in total. The average molecular weight is 269 g/mol. The standard InChI is InChI=1S/C11H13ClN4S/c1-6-5-17-11(15-6)7(2)16-10-9(12)3-8(13)4-14-10/h3-5,7H,13H2,1-2H3,(H,14,16). The maximum absolute atomic E-state index is 6.04. The van der Waals surface area contributed by atoms with Crippen LogP contribution in [-0.4, -0.2) is 9.97 Å². The van der Waals surface area contributed by atoms with Gasteiger partial charge in [0.05, 0.1) is 22.9 Å². The molecule has 1 atom stereocenters. The number of halogens is 1. The highest BCUT2D eigenvalue weighted by Gasteiger charge is 2.11. The van der Waals surface area contributed by atoms with Gasteiger partial charge in [-0.3, -0.25) is 0 Å². The van der Waals surface area contributed by atoms with Crippen LogP contribution in [0.4, 0.5) is 11.5 Å². The second kappa shape index (κ2) is 4.89. The molecule has 0 aliphatic rings. The molecule has 0 aliphatic carbocycles. The third-order valence-electron chi connectivity index (χ3n) is 2.22. The van der Waals surface area contributed by atoms with Gasteiger partial charge >= 0.3 is 0 Å². The molecule has 0 aliphatic heterocycles. The fourth-order valence-electron chi connectivity index (χ4n) is 1.40. The van der Waals surface area contributed by atoms with Crippen LogP contribution >= 0.6 is 22.9 Å². The van der Waals surface area contributed by atoms with Crippen molar-refractivity contribution in [2.45, 2.75) is 19.9 Å². The zero-order chi connectivity index (χ0) is 12.4. The molecule has 2 heterocycles. The van der Waals surface area contributed by atoms with Crippen molar-refractivity contribution < 1.29 is 0 Å². The van der Waals surface area contributed by atoms with Crippen molar-refractivity contribution in [3.05, 3.63) is 33.4 Å². The monoisotopic (exact) mass is 268 g/mol. The number of nitrogens with one attached hydrogen (secondary N) is 1. The maximum Gasteiger partial charge on any atom is 0.145 e. The summed E-state index contributed by atoms with van der Waals surface area (Å²) in [6.07, 6.45) is 1.58. The smallest absolute Gasteiger partial charge is 0.145 e. The Balaban J connectivity index is 2.15. The predicted octanol–water partition coefficient (Wildman–Crippen LogP) is 3.26. The molecule has 6 heteroatoms. The summed E-state index contributed by atoms with van der Waals surface area (Å²) in [6.45, 7) is 3.99. The number of aromatic nitrogens is 2. The van der Waals surface area contributed by atoms with Crippen LogP contribution in [0.15, 0.2) is 17.6 Å². The van der Waals surface area contributed by atoms with Crippen LogP contribution in [0, 0.1) is 6.92 Å². The lowest BCUT2D eigenvalue weighted by atomic mass is 10.3. The van der Waals surface area contributed by atoms with Crippen molar-refractivity contribution in [2.75, 3.05) is 11.1 Å². The Morgan fingerprint density at radius 2 is 2.29 bits per heavy atom. The molecule has 0 fully saturated rings. The average Bonchev–Trinajstić information content (AvgIpc) is 2.69. The number of aryl methyl sites for hydroxylation is 1. The van der Waals surface area contributed by atoms with Gasteiger partial charge in [0.15, 0.2) is 0 Å². The first kappa shape index (κ1) is 12.1. The zero-order valence-corrected chi connectivity index (χ0v) is 11.1. The molecule has 3 N–H and O–H groups in total. The lowest BCUT2D eigenvalue weighted by Crippen LogP contribution is -2.08. The number of rotatable bonds is 3. The number of hydrogen-bond acceptors (Lipinski definition) is 5. The van der Waals surface area contributed by atoms with Crippen molar-refractivity contribution in [3.8, 4) is 0 Å². The predicted molar refractivity (Wildman–Crippen MR) is 72.5 cm³/mol. The molecule has 0 saturated carbocycles. The first-order chi connectivity index (χ1) is 8.06. The van der Waals surface area contributed by atoms with Crippen LogP contribution in [0.2, 0.25) is 5.02 Å². The van der Waals surface area contributed by atoms with Crippen LogP contribution in [0.25, 0.3) is 0 Å². The first-order valence-corrected chi connectivity index (χ1v) is 6.41. The number of anilines is 2. The third kappa shape index (κ3) is 2.87. The lowest BCUT2D eigenvalue weighted by molar-refractivity contribution is 0.856. The second-order valence-corrected chi connectivity index (χ2v) is 5.09. The first-order valence-electron chi connectivity index (χ1n) is 5.16. The van der Waals surface area contributed by atoms with E-state index >= 15 is 0 Å². The summed E-state index contributed by atoms with van der Waals surface area (Å²) in [5.74, 6) is 0.626. The number of thiazole rings is 1. The Labute approximate surface area is 109 Å². The van der Waals surface area contributed by atoms with Gasteiger partial charge in [-0.05, 0) is 19.9 Å². The van der Waals surface area contributed by atoms with Crippen molar-refractivity contribution in [3.63, 3.8) is 0 Å². The van der Waals surface area contributed by atoms with E-state index in [1.807, 2.05) is 19.2 Å². The van der Waals surface area contributed by atoms with Crippen LogP contribution < -0.4 is 11.1 Å². The SMILES string of the molecule is Cc1csc(C(C)Nc2ncc(N)cc2Cl)n1. The van der Waals surface area contributed by atoms with Gasteiger partial charge in [-0.1, -0.05) is 11.6 Å². The highest BCUT2D eigenvalue weighted by Crippen LogP contribution is 2.26. The van der Waals surface area contributed by atoms with E-state index in [1.54, 1.807) is 23.6 Å². The normalized spacial score (nSPS) is 12.4. The quantitative estimate of drug-likeness (QED) is 0.897. The Hall–Kier alpha value is -1.33. The molecule has 0 amide bonds. The molecule has 0 radical (unpaired) electrons. The van der Waals surface area contributed by atoms with Crippen molar-refractivity contribution >= 4 is 34.4 Å². The van der Waals surface area contributed by atoms with Crippen LogP contribution in [-0.2, 0) is 0 Å². The summed E-state index contributed by atoms with van der Waals surface area (Å²) < 4.78 is 0. The van der Waals surface area contributed by atoms with E-state index in [4.69, 9.17) is 17.3 Å². The number of nitrogens with two attached hydrogens (primary N) is 1. The minimum absolute atomic E-state index is 0.0716. The fourth-order valence-corrected chi connectivity index (χ4v) is 2.43. The Morgan fingerprint density at radius 3 is 2.88 bits per heavy atom. The molecule has 1 unspecified atom stereocenters. The second-order valence-electron chi connectivity index (χ2n) is 3.79. The summed E-state index contributed by atoms with van der Waals surface area (Å²) in [7, 11) is 0. The molecule has 2 rings (SSSR count). The molecule has 0 spiro atoms. The van der Waals surface area contributed by atoms with E-state index in [2.05, 4.69) is 15.3 Å². The molecular formula is C11H13ClN4S. The molecular weight excluding hydrogens is 256 g/mol. The topological polar surface area (TPSA) is 63.8 Å². The van der Waals surface area contributed by atoms with E-state index in [-0.39, 0.29) is 6.04 Å². The molecule has 2 aromatic rings. The van der Waals surface area contributed by atoms with Crippen molar-refractivity contribution in [2.24, 2.45) is 0 Å². The van der Waals surface area contributed by atoms with E-state index in [0.29, 0.717) is 16.5 Å². The third-order valence-corrected chi connectivity index (χ3v) is 3.66. The summed E-state index contributed by atoms with van der Waals surface area (Å²) in [6, 6.07) is 1.75. The van der Waals surface area contributed by atoms with E-state index in [0.717, 1.165) is 10.7 Å². The zero-order valence-electron chi connectivity index (χ0n) is 9.57. The van der Waals surface area contributed by atoms with Crippen molar-refractivity contribution in [1.29, 1.82) is 0 Å². The number of nitrogens with zero attached hydrogens (tertiary/aromatic N) is 2. The molecule has 17 heavy (non-hydrogen) atoms. The van der Waals surface area contributed by atoms with Crippen LogP contribution in [0.1, 0.15) is 23.7 Å². The van der Waals surface area contributed by atoms with Gasteiger partial charge in [0.1, 0.15) is 10.8 Å². The van der Waals surface area contributed by atoms with Gasteiger partial charge in [0, 0.05) is 11.1 Å². The summed E-state index contributed by atoms with van der Waals surface area (Å²) >= 11 is 7.66. The largest absolute Gasteiger partial charge is 0.397 e. The minimum atomic E-state index is 0.0716. The highest BCUT2D eigenvalue weighted by molar-refractivity contribution is 7.09. The van der Waals surface area contributed by atoms with E-state index in [9.17, 15) is 0 Å². The van der Waals surface area contributed by atoms with Gasteiger partial charge < -0.3 is 11.1 Å². The van der Waals surface area contributed by atoms with Gasteiger partial charge in [0.2, 0.25) is 0 Å².